The average molecular weight is 349 g/mol. The van der Waals surface area contributed by atoms with Crippen molar-refractivity contribution in [3.63, 3.8) is 0 Å². The number of carbonyl (C=O) groups is 2. The summed E-state index contributed by atoms with van der Waals surface area (Å²) in [6.07, 6.45) is 0. The molecule has 3 N–H and O–H groups in total. The van der Waals surface area contributed by atoms with Gasteiger partial charge in [0, 0.05) is 17.2 Å². The largest absolute Gasteiger partial charge is 0.478 e. The third-order valence-corrected chi connectivity index (χ3v) is 3.76. The van der Waals surface area contributed by atoms with E-state index in [0.717, 1.165) is 5.69 Å². The van der Waals surface area contributed by atoms with Crippen LogP contribution in [0.1, 0.15) is 20.7 Å². The van der Waals surface area contributed by atoms with Crippen molar-refractivity contribution < 1.29 is 14.7 Å². The summed E-state index contributed by atoms with van der Waals surface area (Å²) >= 11 is 3.31. The number of aromatic carboxylic acids is 1. The van der Waals surface area contributed by atoms with Crippen molar-refractivity contribution in [2.45, 2.75) is 0 Å². The Kier molecular flexibility index (Phi) is 4.28. The van der Waals surface area contributed by atoms with Crippen LogP contribution < -0.4 is 10.6 Å². The van der Waals surface area contributed by atoms with Crippen LogP contribution >= 0.6 is 15.9 Å². The van der Waals surface area contributed by atoms with Gasteiger partial charge in [-0.05, 0) is 52.3 Å². The zero-order valence-electron chi connectivity index (χ0n) is 11.2. The molecule has 0 atom stereocenters. The van der Waals surface area contributed by atoms with Gasteiger partial charge in [0.25, 0.3) is 5.91 Å². The molecule has 6 heteroatoms. The van der Waals surface area contributed by atoms with Crippen LogP contribution in [0.25, 0.3) is 0 Å². The van der Waals surface area contributed by atoms with E-state index >= 15 is 0 Å². The fourth-order valence-electron chi connectivity index (χ4n) is 2.00. The maximum atomic E-state index is 11.6. The summed E-state index contributed by atoms with van der Waals surface area (Å²) in [4.78, 5) is 24.2. The van der Waals surface area contributed by atoms with Crippen LogP contribution in [-0.4, -0.2) is 24.0 Å². The first-order valence-electron chi connectivity index (χ1n) is 6.07. The van der Waals surface area contributed by atoms with Gasteiger partial charge in [0.1, 0.15) is 0 Å². The molecule has 0 spiro atoms. The van der Waals surface area contributed by atoms with E-state index in [1.165, 1.54) is 12.1 Å². The Morgan fingerprint density at radius 2 is 1.76 bits per heavy atom. The number of carboxylic acid groups (broad SMARTS) is 1. The van der Waals surface area contributed by atoms with Gasteiger partial charge in [-0.1, -0.05) is 6.07 Å². The first-order valence-corrected chi connectivity index (χ1v) is 6.86. The smallest absolute Gasteiger partial charge is 0.335 e. The minimum Gasteiger partial charge on any atom is -0.478 e. The quantitative estimate of drug-likeness (QED) is 0.889. The molecule has 0 unspecified atom stereocenters. The first-order chi connectivity index (χ1) is 9.91. The topological polar surface area (TPSA) is 83.6 Å². The van der Waals surface area contributed by atoms with Gasteiger partial charge in [-0.2, -0.15) is 0 Å². The van der Waals surface area contributed by atoms with Crippen molar-refractivity contribution >= 4 is 39.2 Å². The molecule has 0 fully saturated rings. The van der Waals surface area contributed by atoms with Crippen LogP contribution in [0.15, 0.2) is 46.9 Å². The van der Waals surface area contributed by atoms with Gasteiger partial charge in [-0.25, -0.2) is 4.79 Å². The van der Waals surface area contributed by atoms with Crippen molar-refractivity contribution in [2.24, 2.45) is 5.73 Å². The zero-order valence-corrected chi connectivity index (χ0v) is 12.8. The van der Waals surface area contributed by atoms with Gasteiger partial charge in [0.15, 0.2) is 0 Å². The fraction of sp³-hybridized carbons (Fsp3) is 0.0667. The minimum atomic E-state index is -0.982. The second-order valence-corrected chi connectivity index (χ2v) is 5.26. The highest BCUT2D eigenvalue weighted by molar-refractivity contribution is 9.10. The molecule has 2 aromatic rings. The van der Waals surface area contributed by atoms with Crippen LogP contribution in [0.4, 0.5) is 11.4 Å². The van der Waals surface area contributed by atoms with Crippen molar-refractivity contribution in [3.05, 3.63) is 58.1 Å². The molecule has 1 amide bonds. The van der Waals surface area contributed by atoms with Crippen molar-refractivity contribution in [1.29, 1.82) is 0 Å². The Labute approximate surface area is 130 Å². The molecule has 2 rings (SSSR count). The molecule has 5 nitrogen and oxygen atoms in total. The number of benzene rings is 2. The SMILES string of the molecule is CN(c1ccc(C(=O)O)cc1)c1cccc(Br)c1C(N)=O. The van der Waals surface area contributed by atoms with E-state index < -0.39 is 11.9 Å². The molecular weight excluding hydrogens is 336 g/mol. The predicted molar refractivity (Wildman–Crippen MR) is 84.1 cm³/mol. The van der Waals surface area contributed by atoms with Gasteiger partial charge in [0.2, 0.25) is 0 Å². The van der Waals surface area contributed by atoms with E-state index in [-0.39, 0.29) is 5.56 Å². The third kappa shape index (κ3) is 3.05. The van der Waals surface area contributed by atoms with Crippen molar-refractivity contribution in [2.75, 3.05) is 11.9 Å². The summed E-state index contributed by atoms with van der Waals surface area (Å²) < 4.78 is 0.613. The Hall–Kier alpha value is -2.34. The fourth-order valence-corrected chi connectivity index (χ4v) is 2.55. The molecule has 0 aliphatic carbocycles. The second-order valence-electron chi connectivity index (χ2n) is 4.41. The number of carbonyl (C=O) groups excluding carboxylic acids is 1. The number of hydrogen-bond acceptors (Lipinski definition) is 3. The number of hydrogen-bond donors (Lipinski definition) is 2. The van der Waals surface area contributed by atoms with Gasteiger partial charge in [-0.3, -0.25) is 4.79 Å². The van der Waals surface area contributed by atoms with Gasteiger partial charge in [0.05, 0.1) is 16.8 Å². The molecule has 0 aromatic heterocycles. The summed E-state index contributed by atoms with van der Waals surface area (Å²) in [6, 6.07) is 11.7. The Bertz CT molecular complexity index is 699. The van der Waals surface area contributed by atoms with E-state index in [2.05, 4.69) is 15.9 Å². The molecule has 0 saturated carbocycles. The zero-order chi connectivity index (χ0) is 15.6. The molecule has 0 aliphatic heterocycles. The standard InChI is InChI=1S/C15H13BrN2O3/c1-18(10-7-5-9(6-8-10)15(20)21)12-4-2-3-11(16)13(12)14(17)19/h2-8H,1H3,(H2,17,19)(H,20,21). The van der Waals surface area contributed by atoms with Crippen molar-refractivity contribution in [3.8, 4) is 0 Å². The number of anilines is 2. The molecule has 0 saturated heterocycles. The van der Waals surface area contributed by atoms with E-state index in [1.807, 2.05) is 0 Å². The summed E-state index contributed by atoms with van der Waals surface area (Å²) in [5.41, 5.74) is 7.39. The molecule has 0 heterocycles. The van der Waals surface area contributed by atoms with Crippen molar-refractivity contribution in [1.82, 2.24) is 0 Å². The highest BCUT2D eigenvalue weighted by Crippen LogP contribution is 2.31. The normalized spacial score (nSPS) is 10.2. The molecular formula is C15H13BrN2O3. The second kappa shape index (κ2) is 5.97. The van der Waals surface area contributed by atoms with Crippen LogP contribution in [-0.2, 0) is 0 Å². The highest BCUT2D eigenvalue weighted by Gasteiger charge is 2.16. The van der Waals surface area contributed by atoms with Crippen LogP contribution in [0.2, 0.25) is 0 Å². The van der Waals surface area contributed by atoms with Crippen LogP contribution in [0.5, 0.6) is 0 Å². The first kappa shape index (κ1) is 15.1. The molecule has 0 bridgehead atoms. The maximum absolute atomic E-state index is 11.6. The molecule has 108 valence electrons. The van der Waals surface area contributed by atoms with Crippen LogP contribution in [0.3, 0.4) is 0 Å². The van der Waals surface area contributed by atoms with E-state index in [9.17, 15) is 9.59 Å². The number of nitrogens with two attached hydrogens (primary N) is 1. The summed E-state index contributed by atoms with van der Waals surface area (Å²) in [5, 5.41) is 8.90. The van der Waals surface area contributed by atoms with Crippen LogP contribution in [0, 0.1) is 0 Å². The lowest BCUT2D eigenvalue weighted by Crippen LogP contribution is -2.19. The lowest BCUT2D eigenvalue weighted by molar-refractivity contribution is 0.0696. The number of primary amides is 1. The van der Waals surface area contributed by atoms with E-state index in [4.69, 9.17) is 10.8 Å². The maximum Gasteiger partial charge on any atom is 0.335 e. The summed E-state index contributed by atoms with van der Waals surface area (Å²) in [6.45, 7) is 0. The molecule has 0 aliphatic rings. The average Bonchev–Trinajstić information content (AvgIpc) is 2.46. The lowest BCUT2D eigenvalue weighted by Gasteiger charge is -2.22. The Morgan fingerprint density at radius 1 is 1.14 bits per heavy atom. The van der Waals surface area contributed by atoms with Gasteiger partial charge >= 0.3 is 5.97 Å². The molecule has 21 heavy (non-hydrogen) atoms. The number of amides is 1. The Balaban J connectivity index is 2.45. The molecule has 2 aromatic carbocycles. The Morgan fingerprint density at radius 3 is 2.29 bits per heavy atom. The summed E-state index contributed by atoms with van der Waals surface area (Å²) in [5.74, 6) is -1.52. The number of rotatable bonds is 4. The third-order valence-electron chi connectivity index (χ3n) is 3.10. The summed E-state index contributed by atoms with van der Waals surface area (Å²) in [7, 11) is 1.78. The molecule has 0 radical (unpaired) electrons. The highest BCUT2D eigenvalue weighted by atomic mass is 79.9. The lowest BCUT2D eigenvalue weighted by atomic mass is 10.1. The predicted octanol–water partition coefficient (Wildman–Crippen LogP) is 3.01. The number of halogens is 1. The van der Waals surface area contributed by atoms with Gasteiger partial charge < -0.3 is 15.7 Å². The minimum absolute atomic E-state index is 0.205. The van der Waals surface area contributed by atoms with E-state index in [0.29, 0.717) is 15.7 Å². The van der Waals surface area contributed by atoms with Gasteiger partial charge in [-0.15, -0.1) is 0 Å². The number of nitrogens with zero attached hydrogens (tertiary/aromatic N) is 1. The van der Waals surface area contributed by atoms with E-state index in [1.54, 1.807) is 42.3 Å². The number of carboxylic acids is 1. The monoisotopic (exact) mass is 348 g/mol.